The predicted octanol–water partition coefficient (Wildman–Crippen LogP) is 1.45. The summed E-state index contributed by atoms with van der Waals surface area (Å²) in [6, 6.07) is 3.45. The molecule has 2 heterocycles. The summed E-state index contributed by atoms with van der Waals surface area (Å²) in [4.78, 5) is 2.10. The number of rotatable bonds is 2. The minimum atomic E-state index is -1.39. The average molecular weight is 410 g/mol. The van der Waals surface area contributed by atoms with Crippen LogP contribution in [0, 0.1) is 5.92 Å². The van der Waals surface area contributed by atoms with Gasteiger partial charge in [-0.3, -0.25) is 4.90 Å². The molecule has 1 spiro atoms. The Balaban J connectivity index is 0.00000171. The number of hydrogen-bond donors (Lipinski definition) is 4. The number of phenolic OH excluding ortho intramolecular Hbond substituents is 1. The van der Waals surface area contributed by atoms with Crippen LogP contribution < -0.4 is 4.74 Å². The average Bonchev–Trinajstić information content (AvgIpc) is 2.95. The van der Waals surface area contributed by atoms with Gasteiger partial charge in [-0.2, -0.15) is 0 Å². The third-order valence-electron chi connectivity index (χ3n) is 8.39. The molecule has 154 valence electrons. The molecule has 28 heavy (non-hydrogen) atoms. The van der Waals surface area contributed by atoms with Crippen molar-refractivity contribution in [2.24, 2.45) is 5.92 Å². The summed E-state index contributed by atoms with van der Waals surface area (Å²) in [7, 11) is 0. The molecule has 2 saturated carbocycles. The Hall–Kier alpha value is -1.05. The van der Waals surface area contributed by atoms with Crippen molar-refractivity contribution in [2.75, 3.05) is 13.1 Å². The normalized spacial score (nSPS) is 43.5. The lowest BCUT2D eigenvalue weighted by Crippen LogP contribution is -2.83. The number of aliphatic hydroxyl groups is 3. The first kappa shape index (κ1) is 18.9. The second-order valence-electron chi connectivity index (χ2n) is 9.41. The Morgan fingerprint density at radius 2 is 1.93 bits per heavy atom. The fourth-order valence-electron chi connectivity index (χ4n) is 6.86. The molecule has 7 heteroatoms. The van der Waals surface area contributed by atoms with Gasteiger partial charge in [-0.1, -0.05) is 12.5 Å². The van der Waals surface area contributed by atoms with Crippen molar-refractivity contribution in [3.63, 3.8) is 0 Å². The van der Waals surface area contributed by atoms with Crippen molar-refractivity contribution >= 4 is 12.4 Å². The highest BCUT2D eigenvalue weighted by Crippen LogP contribution is 2.67. The fraction of sp³-hybridized carbons (Fsp3) is 0.714. The van der Waals surface area contributed by atoms with E-state index in [-0.39, 0.29) is 18.2 Å². The molecule has 5 aliphatic rings. The fourth-order valence-corrected chi connectivity index (χ4v) is 6.86. The summed E-state index contributed by atoms with van der Waals surface area (Å²) in [5.41, 5.74) is -1.88. The van der Waals surface area contributed by atoms with E-state index in [1.165, 1.54) is 19.3 Å². The van der Waals surface area contributed by atoms with Crippen molar-refractivity contribution in [2.45, 2.75) is 73.9 Å². The third-order valence-corrected chi connectivity index (χ3v) is 8.39. The maximum atomic E-state index is 12.1. The van der Waals surface area contributed by atoms with Crippen LogP contribution in [0.1, 0.15) is 49.7 Å². The molecule has 6 nitrogen and oxygen atoms in total. The van der Waals surface area contributed by atoms with Gasteiger partial charge in [0.05, 0.1) is 11.5 Å². The van der Waals surface area contributed by atoms with Gasteiger partial charge in [-0.25, -0.2) is 0 Å². The molecule has 1 aromatic rings. The number of ether oxygens (including phenoxy) is 1. The zero-order valence-corrected chi connectivity index (χ0v) is 16.6. The molecule has 1 saturated heterocycles. The smallest absolute Gasteiger partial charge is 0.165 e. The lowest BCUT2D eigenvalue weighted by molar-refractivity contribution is -0.319. The summed E-state index contributed by atoms with van der Waals surface area (Å²) in [5, 5.41) is 45.2. The van der Waals surface area contributed by atoms with E-state index in [9.17, 15) is 20.4 Å². The Labute approximate surface area is 170 Å². The second kappa shape index (κ2) is 5.76. The minimum absolute atomic E-state index is 0. The van der Waals surface area contributed by atoms with Gasteiger partial charge in [0.1, 0.15) is 11.7 Å². The lowest BCUT2D eigenvalue weighted by Gasteiger charge is -2.67. The van der Waals surface area contributed by atoms with Crippen molar-refractivity contribution in [1.82, 2.24) is 4.90 Å². The molecule has 0 radical (unpaired) electrons. The summed E-state index contributed by atoms with van der Waals surface area (Å²) < 4.78 is 6.09. The quantitative estimate of drug-likeness (QED) is 0.590. The standard InChI is InChI=1S/C21H27NO5.ClH/c23-14-5-4-13-10-21(26)20(25)7-6-15(24)18-19(20,16(13)17(14)27-18)8-9-22(21)11-12-2-1-3-12;/h4-5,12,15,18,23-26H,1-3,6-11H2;1H/t15-,18?,19-,20-,21-;/m0./s1. The van der Waals surface area contributed by atoms with Gasteiger partial charge in [0.25, 0.3) is 0 Å². The van der Waals surface area contributed by atoms with Gasteiger partial charge in [-0.05, 0) is 49.7 Å². The van der Waals surface area contributed by atoms with Gasteiger partial charge in [0.15, 0.2) is 17.2 Å². The molecule has 0 aromatic heterocycles. The van der Waals surface area contributed by atoms with E-state index in [1.807, 2.05) is 6.07 Å². The number of piperidine rings is 1. The van der Waals surface area contributed by atoms with Gasteiger partial charge in [0.2, 0.25) is 0 Å². The maximum absolute atomic E-state index is 12.1. The summed E-state index contributed by atoms with van der Waals surface area (Å²) >= 11 is 0. The molecule has 3 aliphatic carbocycles. The monoisotopic (exact) mass is 409 g/mol. The number of hydrogen-bond acceptors (Lipinski definition) is 6. The van der Waals surface area contributed by atoms with Crippen molar-refractivity contribution in [3.05, 3.63) is 23.3 Å². The largest absolute Gasteiger partial charge is 0.504 e. The first-order valence-corrected chi connectivity index (χ1v) is 10.3. The first-order valence-electron chi connectivity index (χ1n) is 10.3. The van der Waals surface area contributed by atoms with Crippen LogP contribution in [0.4, 0.5) is 0 Å². The predicted molar refractivity (Wildman–Crippen MR) is 104 cm³/mol. The van der Waals surface area contributed by atoms with E-state index in [0.29, 0.717) is 43.9 Å². The number of benzene rings is 1. The summed E-state index contributed by atoms with van der Waals surface area (Å²) in [6.07, 6.45) is 3.94. The number of nitrogens with zero attached hydrogens (tertiary/aromatic N) is 1. The van der Waals surface area contributed by atoms with Gasteiger partial charge < -0.3 is 25.2 Å². The van der Waals surface area contributed by atoms with Crippen molar-refractivity contribution in [1.29, 1.82) is 0 Å². The molecular weight excluding hydrogens is 382 g/mol. The van der Waals surface area contributed by atoms with E-state index in [4.69, 9.17) is 4.74 Å². The SMILES string of the molecule is Cl.Oc1ccc2c3c1OC1[C@@H](O)CC[C@]4(O)[C@@]31CCN(CC1CCC1)[C@]4(O)C2. The molecule has 5 atom stereocenters. The van der Waals surface area contributed by atoms with E-state index >= 15 is 0 Å². The molecule has 2 aliphatic heterocycles. The number of aromatic hydroxyl groups is 1. The molecule has 6 rings (SSSR count). The second-order valence-corrected chi connectivity index (χ2v) is 9.41. The first-order chi connectivity index (χ1) is 12.9. The van der Waals surface area contributed by atoms with Crippen LogP contribution in [0.3, 0.4) is 0 Å². The van der Waals surface area contributed by atoms with Crippen molar-refractivity contribution < 1.29 is 25.2 Å². The molecule has 0 amide bonds. The molecule has 1 unspecified atom stereocenters. The summed E-state index contributed by atoms with van der Waals surface area (Å²) in [6.45, 7) is 1.47. The van der Waals surface area contributed by atoms with Gasteiger partial charge >= 0.3 is 0 Å². The highest BCUT2D eigenvalue weighted by molar-refractivity contribution is 5.85. The number of halogens is 1. The topological polar surface area (TPSA) is 93.4 Å². The molecule has 3 fully saturated rings. The van der Waals surface area contributed by atoms with E-state index in [2.05, 4.69) is 4.90 Å². The zero-order valence-electron chi connectivity index (χ0n) is 15.8. The van der Waals surface area contributed by atoms with E-state index in [0.717, 1.165) is 17.7 Å². The molecular formula is C21H28ClNO5. The van der Waals surface area contributed by atoms with Crippen LogP contribution >= 0.6 is 12.4 Å². The van der Waals surface area contributed by atoms with Crippen LogP contribution in [0.5, 0.6) is 11.5 Å². The van der Waals surface area contributed by atoms with Gasteiger partial charge in [-0.15, -0.1) is 12.4 Å². The number of phenols is 1. The number of aliphatic hydroxyl groups excluding tert-OH is 1. The molecule has 1 aromatic carbocycles. The Bertz CT molecular complexity index is 831. The third kappa shape index (κ3) is 1.89. The Morgan fingerprint density at radius 1 is 1.14 bits per heavy atom. The number of likely N-dealkylation sites (tertiary alicyclic amines) is 1. The van der Waals surface area contributed by atoms with Crippen LogP contribution in [-0.4, -0.2) is 61.9 Å². The zero-order chi connectivity index (χ0) is 18.6. The minimum Gasteiger partial charge on any atom is -0.504 e. The van der Waals surface area contributed by atoms with Crippen LogP contribution in [0.15, 0.2) is 12.1 Å². The van der Waals surface area contributed by atoms with Crippen LogP contribution in [0.2, 0.25) is 0 Å². The molecule has 4 N–H and O–H groups in total. The molecule has 2 bridgehead atoms. The lowest BCUT2D eigenvalue weighted by atomic mass is 9.47. The van der Waals surface area contributed by atoms with Crippen molar-refractivity contribution in [3.8, 4) is 11.5 Å². The Morgan fingerprint density at radius 3 is 2.64 bits per heavy atom. The van der Waals surface area contributed by atoms with Crippen LogP contribution in [-0.2, 0) is 11.8 Å². The van der Waals surface area contributed by atoms with E-state index in [1.54, 1.807) is 6.07 Å². The van der Waals surface area contributed by atoms with Crippen LogP contribution in [0.25, 0.3) is 0 Å². The highest BCUT2D eigenvalue weighted by Gasteiger charge is 2.77. The van der Waals surface area contributed by atoms with E-state index < -0.39 is 28.9 Å². The Kier molecular flexibility index (Phi) is 3.90. The maximum Gasteiger partial charge on any atom is 0.165 e. The summed E-state index contributed by atoms with van der Waals surface area (Å²) in [5.74, 6) is 1.04. The van der Waals surface area contributed by atoms with Gasteiger partial charge in [0, 0.05) is 25.1 Å². The highest BCUT2D eigenvalue weighted by atomic mass is 35.5.